The highest BCUT2D eigenvalue weighted by Crippen LogP contribution is 2.14. The minimum atomic E-state index is -0.203. The van der Waals surface area contributed by atoms with Gasteiger partial charge in [-0.3, -0.25) is 14.6 Å². The predicted octanol–water partition coefficient (Wildman–Crippen LogP) is 2.94. The standard InChI is InChI=1S/C16H15NO3/c1-2-20-14-5-3-12(4-6-14)15(18)11-16(19)13-7-9-17-10-8-13/h3-10H,2,11H2,1H3. The summed E-state index contributed by atoms with van der Waals surface area (Å²) in [5.41, 5.74) is 1.01. The topological polar surface area (TPSA) is 56.3 Å². The van der Waals surface area contributed by atoms with Crippen molar-refractivity contribution in [3.8, 4) is 5.75 Å². The minimum Gasteiger partial charge on any atom is -0.494 e. The van der Waals surface area contributed by atoms with Crippen LogP contribution in [0.3, 0.4) is 0 Å². The fourth-order valence-corrected chi connectivity index (χ4v) is 1.79. The molecule has 0 aliphatic heterocycles. The molecule has 0 unspecified atom stereocenters. The van der Waals surface area contributed by atoms with Crippen LogP contribution in [-0.2, 0) is 0 Å². The highest BCUT2D eigenvalue weighted by atomic mass is 16.5. The van der Waals surface area contributed by atoms with Crippen molar-refractivity contribution in [3.05, 3.63) is 59.9 Å². The van der Waals surface area contributed by atoms with Gasteiger partial charge in [0.05, 0.1) is 13.0 Å². The zero-order chi connectivity index (χ0) is 14.4. The average molecular weight is 269 g/mol. The average Bonchev–Trinajstić information content (AvgIpc) is 2.49. The maximum absolute atomic E-state index is 12.0. The van der Waals surface area contributed by atoms with E-state index in [9.17, 15) is 9.59 Å². The third kappa shape index (κ3) is 3.51. The number of ether oxygens (including phenoxy) is 1. The molecule has 0 fully saturated rings. The van der Waals surface area contributed by atoms with E-state index in [4.69, 9.17) is 4.74 Å². The fraction of sp³-hybridized carbons (Fsp3) is 0.188. The summed E-state index contributed by atoms with van der Waals surface area (Å²) in [5.74, 6) is 0.311. The Kier molecular flexibility index (Phi) is 4.60. The van der Waals surface area contributed by atoms with Gasteiger partial charge in [-0.05, 0) is 43.3 Å². The normalized spacial score (nSPS) is 10.1. The van der Waals surface area contributed by atoms with Gasteiger partial charge >= 0.3 is 0 Å². The Morgan fingerprint density at radius 3 is 2.05 bits per heavy atom. The maximum atomic E-state index is 12.0. The van der Waals surface area contributed by atoms with Gasteiger partial charge in [0.25, 0.3) is 0 Å². The molecule has 1 aromatic carbocycles. The second-order valence-corrected chi connectivity index (χ2v) is 4.22. The molecule has 0 aliphatic rings. The molecule has 0 N–H and O–H groups in total. The summed E-state index contributed by atoms with van der Waals surface area (Å²) in [6.45, 7) is 2.47. The van der Waals surface area contributed by atoms with Crippen LogP contribution in [0.5, 0.6) is 5.75 Å². The van der Waals surface area contributed by atoms with Gasteiger partial charge in [-0.15, -0.1) is 0 Å². The van der Waals surface area contributed by atoms with E-state index in [1.165, 1.54) is 12.4 Å². The molecule has 0 saturated heterocycles. The van der Waals surface area contributed by atoms with Crippen LogP contribution in [-0.4, -0.2) is 23.2 Å². The van der Waals surface area contributed by atoms with Crippen molar-refractivity contribution in [2.24, 2.45) is 0 Å². The molecule has 4 heteroatoms. The van der Waals surface area contributed by atoms with Crippen molar-refractivity contribution in [2.75, 3.05) is 6.61 Å². The van der Waals surface area contributed by atoms with Crippen molar-refractivity contribution in [3.63, 3.8) is 0 Å². The van der Waals surface area contributed by atoms with Gasteiger partial charge in [0.1, 0.15) is 5.75 Å². The summed E-state index contributed by atoms with van der Waals surface area (Å²) in [7, 11) is 0. The Morgan fingerprint density at radius 2 is 1.50 bits per heavy atom. The fourth-order valence-electron chi connectivity index (χ4n) is 1.79. The molecule has 0 saturated carbocycles. The van der Waals surface area contributed by atoms with Crippen molar-refractivity contribution in [1.29, 1.82) is 0 Å². The van der Waals surface area contributed by atoms with E-state index in [1.54, 1.807) is 36.4 Å². The number of benzene rings is 1. The van der Waals surface area contributed by atoms with Crippen molar-refractivity contribution in [2.45, 2.75) is 13.3 Å². The van der Waals surface area contributed by atoms with E-state index >= 15 is 0 Å². The molecule has 0 bridgehead atoms. The number of ketones is 2. The van der Waals surface area contributed by atoms with Crippen molar-refractivity contribution < 1.29 is 14.3 Å². The first-order chi connectivity index (χ1) is 9.70. The van der Waals surface area contributed by atoms with Crippen LogP contribution in [0.4, 0.5) is 0 Å². The second kappa shape index (κ2) is 6.61. The molecule has 20 heavy (non-hydrogen) atoms. The molecular formula is C16H15NO3. The van der Waals surface area contributed by atoms with E-state index < -0.39 is 0 Å². The van der Waals surface area contributed by atoms with Gasteiger partial charge in [0.15, 0.2) is 11.6 Å². The van der Waals surface area contributed by atoms with Crippen LogP contribution in [0.25, 0.3) is 0 Å². The first-order valence-electron chi connectivity index (χ1n) is 6.40. The smallest absolute Gasteiger partial charge is 0.170 e. The summed E-state index contributed by atoms with van der Waals surface area (Å²) in [5, 5.41) is 0. The first kappa shape index (κ1) is 13.9. The highest BCUT2D eigenvalue weighted by molar-refractivity contribution is 6.13. The number of hydrogen-bond donors (Lipinski definition) is 0. The molecule has 2 rings (SSSR count). The van der Waals surface area contributed by atoms with Gasteiger partial charge in [-0.1, -0.05) is 0 Å². The maximum Gasteiger partial charge on any atom is 0.170 e. The minimum absolute atomic E-state index is 0.141. The SMILES string of the molecule is CCOc1ccc(C(=O)CC(=O)c2ccncc2)cc1. The van der Waals surface area contributed by atoms with Gasteiger partial charge in [0.2, 0.25) is 0 Å². The molecule has 0 spiro atoms. The Balaban J connectivity index is 2.03. The summed E-state index contributed by atoms with van der Waals surface area (Å²) in [6, 6.07) is 10.0. The quantitative estimate of drug-likeness (QED) is 0.597. The number of Topliss-reactive ketones (excluding diaryl/α,β-unsaturated/α-hetero) is 2. The summed E-state index contributed by atoms with van der Waals surface area (Å²) >= 11 is 0. The number of rotatable bonds is 6. The summed E-state index contributed by atoms with van der Waals surface area (Å²) < 4.78 is 5.31. The highest BCUT2D eigenvalue weighted by Gasteiger charge is 2.13. The molecule has 0 aliphatic carbocycles. The first-order valence-corrected chi connectivity index (χ1v) is 6.40. The van der Waals surface area contributed by atoms with Gasteiger partial charge < -0.3 is 4.74 Å². The third-order valence-corrected chi connectivity index (χ3v) is 2.81. The summed E-state index contributed by atoms with van der Waals surface area (Å²) in [6.07, 6.45) is 2.93. The van der Waals surface area contributed by atoms with Gasteiger partial charge in [-0.25, -0.2) is 0 Å². The molecule has 0 atom stereocenters. The number of pyridine rings is 1. The van der Waals surface area contributed by atoms with Gasteiger partial charge in [-0.2, -0.15) is 0 Å². The third-order valence-electron chi connectivity index (χ3n) is 2.81. The van der Waals surface area contributed by atoms with Crippen molar-refractivity contribution in [1.82, 2.24) is 4.98 Å². The number of carbonyl (C=O) groups is 2. The Hall–Kier alpha value is -2.49. The molecule has 102 valence electrons. The summed E-state index contributed by atoms with van der Waals surface area (Å²) in [4.78, 5) is 27.8. The monoisotopic (exact) mass is 269 g/mol. The van der Waals surface area contributed by atoms with E-state index in [-0.39, 0.29) is 18.0 Å². The zero-order valence-corrected chi connectivity index (χ0v) is 11.2. The van der Waals surface area contributed by atoms with Crippen LogP contribution in [0.2, 0.25) is 0 Å². The van der Waals surface area contributed by atoms with Crippen LogP contribution in [0.15, 0.2) is 48.8 Å². The van der Waals surface area contributed by atoms with E-state index in [0.29, 0.717) is 23.5 Å². The number of nitrogens with zero attached hydrogens (tertiary/aromatic N) is 1. The predicted molar refractivity (Wildman–Crippen MR) is 75.1 cm³/mol. The molecule has 4 nitrogen and oxygen atoms in total. The van der Waals surface area contributed by atoms with E-state index in [0.717, 1.165) is 0 Å². The van der Waals surface area contributed by atoms with Crippen LogP contribution < -0.4 is 4.74 Å². The second-order valence-electron chi connectivity index (χ2n) is 4.22. The number of hydrogen-bond acceptors (Lipinski definition) is 4. The molecule has 1 heterocycles. The van der Waals surface area contributed by atoms with Crippen molar-refractivity contribution >= 4 is 11.6 Å². The van der Waals surface area contributed by atoms with Gasteiger partial charge in [0, 0.05) is 23.5 Å². The Morgan fingerprint density at radius 1 is 0.950 bits per heavy atom. The molecule has 2 aromatic rings. The lowest BCUT2D eigenvalue weighted by molar-refractivity contribution is 0.0894. The lowest BCUT2D eigenvalue weighted by atomic mass is 10.0. The Bertz CT molecular complexity index is 591. The van der Waals surface area contributed by atoms with E-state index in [1.807, 2.05) is 6.92 Å². The Labute approximate surface area is 117 Å². The lowest BCUT2D eigenvalue weighted by Crippen LogP contribution is -2.08. The molecular weight excluding hydrogens is 254 g/mol. The molecule has 1 aromatic heterocycles. The van der Waals surface area contributed by atoms with Crippen LogP contribution in [0.1, 0.15) is 34.1 Å². The van der Waals surface area contributed by atoms with E-state index in [2.05, 4.69) is 4.98 Å². The van der Waals surface area contributed by atoms with Crippen LogP contribution in [0, 0.1) is 0 Å². The number of aromatic nitrogens is 1. The lowest BCUT2D eigenvalue weighted by Gasteiger charge is -2.04. The molecule has 0 radical (unpaired) electrons. The largest absolute Gasteiger partial charge is 0.494 e. The number of carbonyl (C=O) groups excluding carboxylic acids is 2. The molecule has 0 amide bonds. The zero-order valence-electron chi connectivity index (χ0n) is 11.2. The van der Waals surface area contributed by atoms with Crippen LogP contribution >= 0.6 is 0 Å².